The molecule has 4 nitrogen and oxygen atoms in total. The summed E-state index contributed by atoms with van der Waals surface area (Å²) in [4.78, 5) is 12.1. The Morgan fingerprint density at radius 3 is 2.37 bits per heavy atom. The van der Waals surface area contributed by atoms with E-state index in [1.165, 1.54) is 12.1 Å². The van der Waals surface area contributed by atoms with E-state index in [1.54, 1.807) is 0 Å². The topological polar surface area (TPSA) is 46.9 Å². The molecule has 1 aromatic carbocycles. The first kappa shape index (κ1) is 21.0. The van der Waals surface area contributed by atoms with Gasteiger partial charge in [0.05, 0.1) is 11.3 Å². The molecule has 0 fully saturated rings. The predicted octanol–water partition coefficient (Wildman–Crippen LogP) is 4.42. The zero-order chi connectivity index (χ0) is 20.2. The van der Waals surface area contributed by atoms with Gasteiger partial charge in [0, 0.05) is 25.2 Å². The molecular weight excluding hydrogens is 355 g/mol. The summed E-state index contributed by atoms with van der Waals surface area (Å²) in [6.07, 6.45) is -3.44. The Morgan fingerprint density at radius 1 is 1.19 bits per heavy atom. The van der Waals surface area contributed by atoms with Crippen molar-refractivity contribution in [2.45, 2.75) is 59.8 Å². The number of benzene rings is 1. The highest BCUT2D eigenvalue weighted by Crippen LogP contribution is 2.29. The summed E-state index contributed by atoms with van der Waals surface area (Å²) in [5, 5.41) is 7.30. The lowest BCUT2D eigenvalue weighted by Crippen LogP contribution is -2.23. The summed E-state index contributed by atoms with van der Waals surface area (Å²) in [6, 6.07) is 4.81. The minimum atomic E-state index is -4.35. The van der Waals surface area contributed by atoms with Gasteiger partial charge in [0.2, 0.25) is 5.91 Å². The molecule has 0 bridgehead atoms. The van der Waals surface area contributed by atoms with Crippen molar-refractivity contribution in [2.24, 2.45) is 5.92 Å². The van der Waals surface area contributed by atoms with Gasteiger partial charge in [-0.1, -0.05) is 26.0 Å². The van der Waals surface area contributed by atoms with Crippen LogP contribution >= 0.6 is 0 Å². The maximum atomic E-state index is 12.6. The summed E-state index contributed by atoms with van der Waals surface area (Å²) in [5.41, 5.74) is 3.04. The standard InChI is InChI=1S/C20H26F3N3O/c1-13(2)12-26-15(4)18(14(3)25-26)9-10-19(27)24-11-16-5-7-17(8-6-16)20(21,22)23/h5-8,13H,9-12H2,1-4H3,(H,24,27). The molecule has 1 heterocycles. The predicted molar refractivity (Wildman–Crippen MR) is 98.2 cm³/mol. The van der Waals surface area contributed by atoms with Crippen molar-refractivity contribution < 1.29 is 18.0 Å². The summed E-state index contributed by atoms with van der Waals surface area (Å²) in [5.74, 6) is 0.355. The second-order valence-corrected chi connectivity index (χ2v) is 7.20. The van der Waals surface area contributed by atoms with Crippen LogP contribution in [0, 0.1) is 19.8 Å². The fourth-order valence-electron chi connectivity index (χ4n) is 2.96. The van der Waals surface area contributed by atoms with E-state index in [9.17, 15) is 18.0 Å². The van der Waals surface area contributed by atoms with Gasteiger partial charge in [-0.25, -0.2) is 0 Å². The van der Waals surface area contributed by atoms with Gasteiger partial charge < -0.3 is 5.32 Å². The van der Waals surface area contributed by atoms with Crippen molar-refractivity contribution in [3.8, 4) is 0 Å². The Morgan fingerprint density at radius 2 is 1.81 bits per heavy atom. The van der Waals surface area contributed by atoms with Gasteiger partial charge in [0.15, 0.2) is 0 Å². The molecule has 0 atom stereocenters. The van der Waals surface area contributed by atoms with Gasteiger partial charge in [0.1, 0.15) is 0 Å². The fourth-order valence-corrected chi connectivity index (χ4v) is 2.96. The molecule has 2 rings (SSSR count). The van der Waals surface area contributed by atoms with Crippen molar-refractivity contribution in [1.82, 2.24) is 15.1 Å². The first-order chi connectivity index (χ1) is 12.6. The normalized spacial score (nSPS) is 11.9. The molecule has 0 saturated heterocycles. The molecule has 1 aromatic heterocycles. The van der Waals surface area contributed by atoms with Gasteiger partial charge in [-0.05, 0) is 49.4 Å². The number of amides is 1. The van der Waals surface area contributed by atoms with Crippen molar-refractivity contribution >= 4 is 5.91 Å². The van der Waals surface area contributed by atoms with Gasteiger partial charge in [-0.2, -0.15) is 18.3 Å². The number of alkyl halides is 3. The second-order valence-electron chi connectivity index (χ2n) is 7.20. The number of nitrogens with zero attached hydrogens (tertiary/aromatic N) is 2. The third kappa shape index (κ3) is 5.84. The number of aryl methyl sites for hydroxylation is 1. The summed E-state index contributed by atoms with van der Waals surface area (Å²) >= 11 is 0. The highest BCUT2D eigenvalue weighted by Gasteiger charge is 2.29. The Balaban J connectivity index is 1.87. The number of carbonyl (C=O) groups is 1. The molecule has 0 aliphatic heterocycles. The third-order valence-electron chi connectivity index (χ3n) is 4.44. The van der Waals surface area contributed by atoms with Crippen LogP contribution in [-0.2, 0) is 30.5 Å². The molecule has 0 aliphatic carbocycles. The Labute approximate surface area is 157 Å². The lowest BCUT2D eigenvalue weighted by molar-refractivity contribution is -0.137. The van der Waals surface area contributed by atoms with Gasteiger partial charge in [0.25, 0.3) is 0 Å². The zero-order valence-electron chi connectivity index (χ0n) is 16.2. The second kappa shape index (κ2) is 8.59. The summed E-state index contributed by atoms with van der Waals surface area (Å²) < 4.78 is 39.6. The van der Waals surface area contributed by atoms with Crippen LogP contribution < -0.4 is 5.32 Å². The number of hydrogen-bond acceptors (Lipinski definition) is 2. The van der Waals surface area contributed by atoms with E-state index >= 15 is 0 Å². The minimum absolute atomic E-state index is 0.134. The molecule has 0 unspecified atom stereocenters. The number of halogens is 3. The van der Waals surface area contributed by atoms with Gasteiger partial charge >= 0.3 is 6.18 Å². The van der Waals surface area contributed by atoms with E-state index < -0.39 is 11.7 Å². The van der Waals surface area contributed by atoms with E-state index in [1.807, 2.05) is 18.5 Å². The number of carbonyl (C=O) groups excluding carboxylic acids is 1. The smallest absolute Gasteiger partial charge is 0.352 e. The highest BCUT2D eigenvalue weighted by molar-refractivity contribution is 5.76. The minimum Gasteiger partial charge on any atom is -0.352 e. The zero-order valence-corrected chi connectivity index (χ0v) is 16.2. The van der Waals surface area contributed by atoms with Crippen molar-refractivity contribution in [2.75, 3.05) is 0 Å². The lowest BCUT2D eigenvalue weighted by atomic mass is 10.1. The maximum Gasteiger partial charge on any atom is 0.416 e. The van der Waals surface area contributed by atoms with Crippen LogP contribution in [-0.4, -0.2) is 15.7 Å². The van der Waals surface area contributed by atoms with E-state index in [-0.39, 0.29) is 12.5 Å². The van der Waals surface area contributed by atoms with Crippen molar-refractivity contribution in [3.63, 3.8) is 0 Å². The number of nitrogens with one attached hydrogen (secondary N) is 1. The molecule has 1 amide bonds. The van der Waals surface area contributed by atoms with E-state index in [0.717, 1.165) is 35.6 Å². The van der Waals surface area contributed by atoms with E-state index in [4.69, 9.17) is 0 Å². The van der Waals surface area contributed by atoms with Gasteiger partial charge in [-0.15, -0.1) is 0 Å². The third-order valence-corrected chi connectivity index (χ3v) is 4.44. The van der Waals surface area contributed by atoms with Crippen LogP contribution in [0.5, 0.6) is 0 Å². The summed E-state index contributed by atoms with van der Waals surface area (Å²) in [6.45, 7) is 9.26. The molecule has 7 heteroatoms. The quantitative estimate of drug-likeness (QED) is 0.772. The summed E-state index contributed by atoms with van der Waals surface area (Å²) in [7, 11) is 0. The maximum absolute atomic E-state index is 12.6. The van der Waals surface area contributed by atoms with Crippen LogP contribution in [0.25, 0.3) is 0 Å². The monoisotopic (exact) mass is 381 g/mol. The average Bonchev–Trinajstić information content (AvgIpc) is 2.83. The molecule has 0 saturated carbocycles. The molecular formula is C20H26F3N3O. The molecule has 148 valence electrons. The van der Waals surface area contributed by atoms with E-state index in [2.05, 4.69) is 24.3 Å². The molecule has 0 spiro atoms. The Bertz CT molecular complexity index is 777. The highest BCUT2D eigenvalue weighted by atomic mass is 19.4. The number of rotatable bonds is 7. The van der Waals surface area contributed by atoms with E-state index in [0.29, 0.717) is 24.3 Å². The SMILES string of the molecule is Cc1nn(CC(C)C)c(C)c1CCC(=O)NCc1ccc(C(F)(F)F)cc1. The first-order valence-electron chi connectivity index (χ1n) is 9.03. The molecule has 0 radical (unpaired) electrons. The first-order valence-corrected chi connectivity index (χ1v) is 9.03. The Hall–Kier alpha value is -2.31. The van der Waals surface area contributed by atoms with Crippen LogP contribution in [0.1, 0.15) is 48.3 Å². The van der Waals surface area contributed by atoms with Crippen LogP contribution in [0.2, 0.25) is 0 Å². The molecule has 0 aliphatic rings. The van der Waals surface area contributed by atoms with Gasteiger partial charge in [-0.3, -0.25) is 9.48 Å². The van der Waals surface area contributed by atoms with Crippen molar-refractivity contribution in [1.29, 1.82) is 0 Å². The van der Waals surface area contributed by atoms with Crippen LogP contribution in [0.4, 0.5) is 13.2 Å². The molecule has 27 heavy (non-hydrogen) atoms. The molecule has 1 N–H and O–H groups in total. The largest absolute Gasteiger partial charge is 0.416 e. The number of hydrogen-bond donors (Lipinski definition) is 1. The molecule has 2 aromatic rings. The van der Waals surface area contributed by atoms with Crippen LogP contribution in [0.15, 0.2) is 24.3 Å². The average molecular weight is 381 g/mol. The van der Waals surface area contributed by atoms with Crippen molar-refractivity contribution in [3.05, 3.63) is 52.3 Å². The Kier molecular flexibility index (Phi) is 6.68. The lowest BCUT2D eigenvalue weighted by Gasteiger charge is -2.09. The van der Waals surface area contributed by atoms with Crippen LogP contribution in [0.3, 0.4) is 0 Å². The number of aromatic nitrogens is 2. The fraction of sp³-hybridized carbons (Fsp3) is 0.500.